The number of ether oxygens (including phenoxy) is 2. The largest absolute Gasteiger partial charge is 0.458 e. The molecule has 1 aromatic heterocycles. The van der Waals surface area contributed by atoms with Crippen LogP contribution in [0.4, 0.5) is 0 Å². The average molecular weight is 305 g/mol. The highest BCUT2D eigenvalue weighted by atomic mass is 16.6. The van der Waals surface area contributed by atoms with Crippen LogP contribution in [-0.4, -0.2) is 52.2 Å². The Kier molecular flexibility index (Phi) is 4.29. The second-order valence-electron chi connectivity index (χ2n) is 6.63. The highest BCUT2D eigenvalue weighted by Crippen LogP contribution is 2.36. The molecule has 0 bridgehead atoms. The van der Waals surface area contributed by atoms with Crippen LogP contribution in [0.2, 0.25) is 0 Å². The number of likely N-dealkylation sites (tertiary alicyclic amines) is 1. The molecule has 2 fully saturated rings. The number of nitrogens with zero attached hydrogens (tertiary/aromatic N) is 3. The lowest BCUT2D eigenvalue weighted by Crippen LogP contribution is -2.36. The van der Waals surface area contributed by atoms with Crippen LogP contribution < -0.4 is 4.74 Å². The van der Waals surface area contributed by atoms with Gasteiger partial charge in [0.15, 0.2) is 0 Å². The molecule has 6 nitrogen and oxygen atoms in total. The van der Waals surface area contributed by atoms with Crippen molar-refractivity contribution in [1.29, 1.82) is 0 Å². The minimum atomic E-state index is -0.244. The standard InChI is InChI=1S/C16H23N3O3/c1-12(2)8-14(20)19-7-4-16(11-19)9-13(10-21-16)22-15-17-5-3-6-18-15/h3,5-6,12-13H,4,7-11H2,1-2H3/t13-,16+/m1/s1. The van der Waals surface area contributed by atoms with Crippen molar-refractivity contribution < 1.29 is 14.3 Å². The van der Waals surface area contributed by atoms with Crippen LogP contribution in [0.25, 0.3) is 0 Å². The van der Waals surface area contributed by atoms with Gasteiger partial charge < -0.3 is 14.4 Å². The summed E-state index contributed by atoms with van der Waals surface area (Å²) >= 11 is 0. The molecule has 3 rings (SSSR count). The fraction of sp³-hybridized carbons (Fsp3) is 0.688. The van der Waals surface area contributed by atoms with Gasteiger partial charge in [-0.1, -0.05) is 13.8 Å². The van der Waals surface area contributed by atoms with E-state index >= 15 is 0 Å². The smallest absolute Gasteiger partial charge is 0.316 e. The summed E-state index contributed by atoms with van der Waals surface area (Å²) in [5, 5.41) is 0. The lowest BCUT2D eigenvalue weighted by molar-refractivity contribution is -0.132. The molecule has 1 aromatic rings. The molecule has 2 saturated heterocycles. The SMILES string of the molecule is CC(C)CC(=O)N1CC[C@]2(C[C@@H](Oc3ncccn3)CO2)C1. The van der Waals surface area contributed by atoms with E-state index in [-0.39, 0.29) is 17.6 Å². The second-order valence-corrected chi connectivity index (χ2v) is 6.63. The summed E-state index contributed by atoms with van der Waals surface area (Å²) in [6, 6.07) is 2.15. The molecule has 0 saturated carbocycles. The molecule has 6 heteroatoms. The predicted molar refractivity (Wildman–Crippen MR) is 80.4 cm³/mol. The van der Waals surface area contributed by atoms with Gasteiger partial charge in [-0.25, -0.2) is 9.97 Å². The van der Waals surface area contributed by atoms with Gasteiger partial charge in [0.25, 0.3) is 0 Å². The summed E-state index contributed by atoms with van der Waals surface area (Å²) in [6.07, 6.45) is 5.56. The molecule has 0 radical (unpaired) electrons. The van der Waals surface area contributed by atoms with E-state index in [1.54, 1.807) is 18.5 Å². The third kappa shape index (κ3) is 3.38. The zero-order valence-corrected chi connectivity index (χ0v) is 13.2. The first-order valence-electron chi connectivity index (χ1n) is 7.92. The van der Waals surface area contributed by atoms with E-state index in [1.165, 1.54) is 0 Å². The quantitative estimate of drug-likeness (QED) is 0.846. The predicted octanol–water partition coefficient (Wildman–Crippen LogP) is 1.66. The van der Waals surface area contributed by atoms with E-state index in [4.69, 9.17) is 9.47 Å². The van der Waals surface area contributed by atoms with Crippen molar-refractivity contribution in [3.05, 3.63) is 18.5 Å². The molecular weight excluding hydrogens is 282 g/mol. The summed E-state index contributed by atoms with van der Waals surface area (Å²) in [5.74, 6) is 0.617. The fourth-order valence-corrected chi connectivity index (χ4v) is 3.19. The molecule has 0 unspecified atom stereocenters. The van der Waals surface area contributed by atoms with E-state index in [9.17, 15) is 4.79 Å². The van der Waals surface area contributed by atoms with E-state index in [1.807, 2.05) is 4.90 Å². The number of carbonyl (C=O) groups excluding carboxylic acids is 1. The lowest BCUT2D eigenvalue weighted by Gasteiger charge is -2.23. The Morgan fingerprint density at radius 3 is 3.00 bits per heavy atom. The Balaban J connectivity index is 1.55. The zero-order chi connectivity index (χ0) is 15.6. The number of amides is 1. The molecule has 120 valence electrons. The van der Waals surface area contributed by atoms with Gasteiger partial charge in [-0.3, -0.25) is 4.79 Å². The molecule has 2 atom stereocenters. The van der Waals surface area contributed by atoms with Crippen molar-refractivity contribution in [2.24, 2.45) is 5.92 Å². The molecule has 2 aliphatic rings. The van der Waals surface area contributed by atoms with Crippen molar-refractivity contribution in [2.45, 2.75) is 44.8 Å². The zero-order valence-electron chi connectivity index (χ0n) is 13.2. The van der Waals surface area contributed by atoms with Gasteiger partial charge in [-0.05, 0) is 18.4 Å². The molecule has 2 aliphatic heterocycles. The van der Waals surface area contributed by atoms with Crippen LogP contribution in [0, 0.1) is 5.92 Å². The Hall–Kier alpha value is -1.69. The third-order valence-corrected chi connectivity index (χ3v) is 4.24. The minimum absolute atomic E-state index is 0.0393. The van der Waals surface area contributed by atoms with Gasteiger partial charge in [-0.2, -0.15) is 0 Å². The monoisotopic (exact) mass is 305 g/mol. The topological polar surface area (TPSA) is 64.6 Å². The van der Waals surface area contributed by atoms with Crippen LogP contribution >= 0.6 is 0 Å². The third-order valence-electron chi connectivity index (χ3n) is 4.24. The van der Waals surface area contributed by atoms with Crippen molar-refractivity contribution >= 4 is 5.91 Å². The Morgan fingerprint density at radius 2 is 2.27 bits per heavy atom. The van der Waals surface area contributed by atoms with E-state index in [0.29, 0.717) is 31.5 Å². The van der Waals surface area contributed by atoms with E-state index in [0.717, 1.165) is 19.4 Å². The minimum Gasteiger partial charge on any atom is -0.458 e. The van der Waals surface area contributed by atoms with Crippen molar-refractivity contribution in [2.75, 3.05) is 19.7 Å². The molecule has 22 heavy (non-hydrogen) atoms. The first-order valence-corrected chi connectivity index (χ1v) is 7.92. The molecule has 0 aliphatic carbocycles. The van der Waals surface area contributed by atoms with Crippen LogP contribution in [-0.2, 0) is 9.53 Å². The molecule has 1 amide bonds. The molecule has 0 N–H and O–H groups in total. The normalized spacial score (nSPS) is 27.8. The van der Waals surface area contributed by atoms with Crippen molar-refractivity contribution in [1.82, 2.24) is 14.9 Å². The van der Waals surface area contributed by atoms with Gasteiger partial charge in [-0.15, -0.1) is 0 Å². The Bertz CT molecular complexity index is 523. The maximum atomic E-state index is 12.2. The highest BCUT2D eigenvalue weighted by molar-refractivity contribution is 5.76. The number of aromatic nitrogens is 2. The molecule has 3 heterocycles. The first kappa shape index (κ1) is 15.2. The number of rotatable bonds is 4. The number of carbonyl (C=O) groups is 1. The van der Waals surface area contributed by atoms with Gasteiger partial charge in [0.2, 0.25) is 5.91 Å². The fourth-order valence-electron chi connectivity index (χ4n) is 3.19. The summed E-state index contributed by atoms with van der Waals surface area (Å²) < 4.78 is 11.8. The summed E-state index contributed by atoms with van der Waals surface area (Å²) in [4.78, 5) is 22.3. The van der Waals surface area contributed by atoms with Crippen LogP contribution in [0.15, 0.2) is 18.5 Å². The second kappa shape index (κ2) is 6.20. The summed E-state index contributed by atoms with van der Waals surface area (Å²) in [6.45, 7) is 6.12. The average Bonchev–Trinajstić information content (AvgIpc) is 3.07. The van der Waals surface area contributed by atoms with Gasteiger partial charge in [0.05, 0.1) is 12.2 Å². The number of hydrogen-bond acceptors (Lipinski definition) is 5. The lowest BCUT2D eigenvalue weighted by atomic mass is 9.98. The molecule has 0 aromatic carbocycles. The summed E-state index contributed by atoms with van der Waals surface area (Å²) in [7, 11) is 0. The van der Waals surface area contributed by atoms with Crippen LogP contribution in [0.3, 0.4) is 0 Å². The van der Waals surface area contributed by atoms with Crippen LogP contribution in [0.5, 0.6) is 6.01 Å². The van der Waals surface area contributed by atoms with Crippen LogP contribution in [0.1, 0.15) is 33.1 Å². The highest BCUT2D eigenvalue weighted by Gasteiger charge is 2.47. The van der Waals surface area contributed by atoms with E-state index < -0.39 is 0 Å². The van der Waals surface area contributed by atoms with Gasteiger partial charge in [0.1, 0.15) is 6.10 Å². The van der Waals surface area contributed by atoms with Gasteiger partial charge >= 0.3 is 6.01 Å². The maximum absolute atomic E-state index is 12.2. The first-order chi connectivity index (χ1) is 10.6. The Morgan fingerprint density at radius 1 is 1.50 bits per heavy atom. The Labute approximate surface area is 130 Å². The maximum Gasteiger partial charge on any atom is 0.316 e. The summed E-state index contributed by atoms with van der Waals surface area (Å²) in [5.41, 5.74) is -0.244. The van der Waals surface area contributed by atoms with Gasteiger partial charge in [0, 0.05) is 38.3 Å². The molecular formula is C16H23N3O3. The van der Waals surface area contributed by atoms with E-state index in [2.05, 4.69) is 23.8 Å². The van der Waals surface area contributed by atoms with Crippen molar-refractivity contribution in [3.63, 3.8) is 0 Å². The number of hydrogen-bond donors (Lipinski definition) is 0. The van der Waals surface area contributed by atoms with Crippen molar-refractivity contribution in [3.8, 4) is 6.01 Å². The molecule has 1 spiro atoms.